The zero-order valence-electron chi connectivity index (χ0n) is 15.8. The van der Waals surface area contributed by atoms with Crippen LogP contribution in [0.4, 0.5) is 17.1 Å². The van der Waals surface area contributed by atoms with Crippen LogP contribution < -0.4 is 21.3 Å². The van der Waals surface area contributed by atoms with Gasteiger partial charge in [-0.2, -0.15) is 0 Å². The molecule has 13 heteroatoms. The first kappa shape index (κ1) is 24.6. The third kappa shape index (κ3) is 7.83. The number of nitrogens with one attached hydrogen (secondary N) is 4. The number of hydrogen-bond donors (Lipinski definition) is 4. The van der Waals surface area contributed by atoms with Crippen molar-refractivity contribution < 1.29 is 14.5 Å². The SMILES string of the molecule is CC(=O)Nc1ccc(NC(=S)N[C@@H](NC(=O)c2cccc([N+](=O)[O-])c2)C(Cl)(Cl)Cl)cc1. The Morgan fingerprint density at radius 1 is 1.03 bits per heavy atom. The number of carbonyl (C=O) groups is 2. The fourth-order valence-electron chi connectivity index (χ4n) is 2.31. The molecule has 2 rings (SSSR count). The summed E-state index contributed by atoms with van der Waals surface area (Å²) in [6.45, 7) is 1.39. The van der Waals surface area contributed by atoms with Crippen molar-refractivity contribution in [2.75, 3.05) is 10.6 Å². The minimum Gasteiger partial charge on any atom is -0.339 e. The second-order valence-electron chi connectivity index (χ2n) is 6.11. The molecular weight excluding hydrogens is 489 g/mol. The van der Waals surface area contributed by atoms with E-state index in [0.717, 1.165) is 6.07 Å². The molecule has 2 aromatic carbocycles. The van der Waals surface area contributed by atoms with Crippen LogP contribution in [0.15, 0.2) is 48.5 Å². The highest BCUT2D eigenvalue weighted by Crippen LogP contribution is 2.29. The molecule has 2 amide bonds. The highest BCUT2D eigenvalue weighted by Gasteiger charge is 2.35. The zero-order chi connectivity index (χ0) is 23.2. The fourth-order valence-corrected chi connectivity index (χ4v) is 2.88. The van der Waals surface area contributed by atoms with Crippen LogP contribution >= 0.6 is 47.0 Å². The average Bonchev–Trinajstić information content (AvgIpc) is 2.68. The summed E-state index contributed by atoms with van der Waals surface area (Å²) >= 11 is 23.0. The van der Waals surface area contributed by atoms with E-state index in [1.54, 1.807) is 24.3 Å². The van der Waals surface area contributed by atoms with Crippen molar-refractivity contribution >= 4 is 81.0 Å². The van der Waals surface area contributed by atoms with E-state index >= 15 is 0 Å². The summed E-state index contributed by atoms with van der Waals surface area (Å²) in [5.41, 5.74) is 0.911. The van der Waals surface area contributed by atoms with E-state index in [1.807, 2.05) is 0 Å². The summed E-state index contributed by atoms with van der Waals surface area (Å²) in [5.74, 6) is -0.919. The standard InChI is InChI=1S/C18H16Cl3N5O4S/c1-10(27)22-12-5-7-13(8-6-12)23-17(31)25-16(18(19,20)21)24-15(28)11-3-2-4-14(9-11)26(29)30/h2-9,16H,1H3,(H,22,27)(H,24,28)(H2,23,25,31)/t16-/m1/s1. The predicted molar refractivity (Wildman–Crippen MR) is 125 cm³/mol. The molecule has 31 heavy (non-hydrogen) atoms. The molecule has 0 unspecified atom stereocenters. The summed E-state index contributed by atoms with van der Waals surface area (Å²) in [4.78, 5) is 33.8. The number of thiocarbonyl (C=S) groups is 1. The quantitative estimate of drug-likeness (QED) is 0.154. The lowest BCUT2D eigenvalue weighted by Gasteiger charge is -2.27. The molecule has 0 bridgehead atoms. The van der Waals surface area contributed by atoms with Crippen LogP contribution in [-0.2, 0) is 4.79 Å². The van der Waals surface area contributed by atoms with Gasteiger partial charge in [-0.3, -0.25) is 19.7 Å². The molecule has 0 aliphatic rings. The number of halogens is 3. The minimum absolute atomic E-state index is 0.00249. The molecule has 0 aliphatic carbocycles. The summed E-state index contributed by atoms with van der Waals surface area (Å²) in [6.07, 6.45) is -1.26. The molecule has 0 heterocycles. The van der Waals surface area contributed by atoms with Gasteiger partial charge in [0.15, 0.2) is 5.11 Å². The first-order valence-corrected chi connectivity index (χ1v) is 10.1. The number of rotatable bonds is 6. The van der Waals surface area contributed by atoms with E-state index in [1.165, 1.54) is 25.1 Å². The molecule has 0 saturated heterocycles. The predicted octanol–water partition coefficient (Wildman–Crippen LogP) is 3.97. The maximum atomic E-state index is 12.5. The Morgan fingerprint density at radius 2 is 1.61 bits per heavy atom. The number of alkyl halides is 3. The smallest absolute Gasteiger partial charge is 0.270 e. The topological polar surface area (TPSA) is 125 Å². The average molecular weight is 505 g/mol. The number of nitrogens with zero attached hydrogens (tertiary/aromatic N) is 1. The molecule has 0 aliphatic heterocycles. The van der Waals surface area contributed by atoms with Crippen molar-refractivity contribution in [2.45, 2.75) is 16.9 Å². The number of hydrogen-bond acceptors (Lipinski definition) is 5. The highest BCUT2D eigenvalue weighted by molar-refractivity contribution is 7.80. The lowest BCUT2D eigenvalue weighted by atomic mass is 10.2. The summed E-state index contributed by atoms with van der Waals surface area (Å²) in [6, 6.07) is 11.7. The maximum Gasteiger partial charge on any atom is 0.270 e. The number of benzene rings is 2. The van der Waals surface area contributed by atoms with E-state index < -0.39 is 20.8 Å². The van der Waals surface area contributed by atoms with Gasteiger partial charge >= 0.3 is 0 Å². The number of anilines is 2. The lowest BCUT2D eigenvalue weighted by molar-refractivity contribution is -0.384. The molecule has 1 atom stereocenters. The third-order valence-electron chi connectivity index (χ3n) is 3.66. The zero-order valence-corrected chi connectivity index (χ0v) is 18.9. The molecule has 0 spiro atoms. The Kier molecular flexibility index (Phi) is 8.40. The molecule has 0 saturated carbocycles. The van der Waals surface area contributed by atoms with Crippen LogP contribution in [0.1, 0.15) is 17.3 Å². The van der Waals surface area contributed by atoms with Gasteiger partial charge in [-0.15, -0.1) is 0 Å². The molecule has 0 fully saturated rings. The summed E-state index contributed by atoms with van der Waals surface area (Å²) in [5, 5.41) is 21.5. The molecule has 164 valence electrons. The van der Waals surface area contributed by atoms with Gasteiger partial charge in [-0.05, 0) is 42.5 Å². The van der Waals surface area contributed by atoms with Gasteiger partial charge in [-0.1, -0.05) is 40.9 Å². The van der Waals surface area contributed by atoms with E-state index in [9.17, 15) is 19.7 Å². The fraction of sp³-hybridized carbons (Fsp3) is 0.167. The second kappa shape index (κ2) is 10.6. The molecule has 0 aromatic heterocycles. The van der Waals surface area contributed by atoms with Crippen molar-refractivity contribution in [3.63, 3.8) is 0 Å². The van der Waals surface area contributed by atoms with Crippen LogP contribution in [0.5, 0.6) is 0 Å². The van der Waals surface area contributed by atoms with Gasteiger partial charge < -0.3 is 21.3 Å². The van der Waals surface area contributed by atoms with Gasteiger partial charge in [0.2, 0.25) is 9.70 Å². The van der Waals surface area contributed by atoms with Crippen molar-refractivity contribution in [3.8, 4) is 0 Å². The number of nitro groups is 1. The Labute approximate surface area is 197 Å². The maximum absolute atomic E-state index is 12.5. The molecule has 0 radical (unpaired) electrons. The van der Waals surface area contributed by atoms with Crippen LogP contribution in [0.2, 0.25) is 0 Å². The molecule has 4 N–H and O–H groups in total. The lowest BCUT2D eigenvalue weighted by Crippen LogP contribution is -2.56. The largest absolute Gasteiger partial charge is 0.339 e. The molecule has 9 nitrogen and oxygen atoms in total. The van der Waals surface area contributed by atoms with Gasteiger partial charge in [-0.25, -0.2) is 0 Å². The summed E-state index contributed by atoms with van der Waals surface area (Å²) in [7, 11) is 0. The third-order valence-corrected chi connectivity index (χ3v) is 4.54. The number of non-ortho nitro benzene ring substituents is 1. The second-order valence-corrected chi connectivity index (χ2v) is 8.89. The van der Waals surface area contributed by atoms with Crippen molar-refractivity contribution in [3.05, 3.63) is 64.2 Å². The number of amides is 2. The Hall–Kier alpha value is -2.66. The van der Waals surface area contributed by atoms with Crippen molar-refractivity contribution in [2.24, 2.45) is 0 Å². The highest BCUT2D eigenvalue weighted by atomic mass is 35.6. The summed E-state index contributed by atoms with van der Waals surface area (Å²) < 4.78 is -2.00. The van der Waals surface area contributed by atoms with E-state index in [2.05, 4.69) is 21.3 Å². The first-order valence-electron chi connectivity index (χ1n) is 8.53. The van der Waals surface area contributed by atoms with Gasteiger partial charge in [0.05, 0.1) is 4.92 Å². The van der Waals surface area contributed by atoms with Crippen LogP contribution in [-0.4, -0.2) is 31.8 Å². The Bertz CT molecular complexity index is 998. The van der Waals surface area contributed by atoms with Crippen LogP contribution in [0.25, 0.3) is 0 Å². The van der Waals surface area contributed by atoms with Crippen molar-refractivity contribution in [1.29, 1.82) is 0 Å². The van der Waals surface area contributed by atoms with Gasteiger partial charge in [0, 0.05) is 36.0 Å². The monoisotopic (exact) mass is 503 g/mol. The van der Waals surface area contributed by atoms with Gasteiger partial charge in [0.1, 0.15) is 6.17 Å². The number of nitro benzene ring substituents is 1. The first-order chi connectivity index (χ1) is 14.5. The van der Waals surface area contributed by atoms with Gasteiger partial charge in [0.25, 0.3) is 11.6 Å². The Balaban J connectivity index is 2.06. The van der Waals surface area contributed by atoms with E-state index in [4.69, 9.17) is 47.0 Å². The van der Waals surface area contributed by atoms with Crippen LogP contribution in [0, 0.1) is 10.1 Å². The minimum atomic E-state index is -2.00. The molecule has 2 aromatic rings. The van der Waals surface area contributed by atoms with E-state index in [-0.39, 0.29) is 22.3 Å². The number of carbonyl (C=O) groups excluding carboxylic acids is 2. The normalized spacial score (nSPS) is 11.7. The molecular formula is C18H16Cl3N5O4S. The van der Waals surface area contributed by atoms with Crippen LogP contribution in [0.3, 0.4) is 0 Å². The Morgan fingerprint density at radius 3 is 2.13 bits per heavy atom. The van der Waals surface area contributed by atoms with E-state index in [0.29, 0.717) is 11.4 Å². The van der Waals surface area contributed by atoms with Crippen molar-refractivity contribution in [1.82, 2.24) is 10.6 Å².